The minimum absolute atomic E-state index is 0.295. The topological polar surface area (TPSA) is 38.9 Å². The second-order valence-corrected chi connectivity index (χ2v) is 5.88. The van der Waals surface area contributed by atoms with E-state index in [0.717, 1.165) is 18.0 Å². The van der Waals surface area contributed by atoms with E-state index in [2.05, 4.69) is 18.8 Å². The lowest BCUT2D eigenvalue weighted by molar-refractivity contribution is 0.161. The molecule has 0 radical (unpaired) electrons. The van der Waals surface area contributed by atoms with Crippen LogP contribution in [0.25, 0.3) is 0 Å². The number of halogens is 1. The zero-order valence-electron chi connectivity index (χ0n) is 12.0. The molecule has 1 unspecified atom stereocenters. The van der Waals surface area contributed by atoms with Crippen LogP contribution in [0.1, 0.15) is 58.1 Å². The summed E-state index contributed by atoms with van der Waals surface area (Å²) in [5.74, 6) is 1.04. The van der Waals surface area contributed by atoms with Gasteiger partial charge in [-0.25, -0.2) is 4.39 Å². The normalized spacial score (nSPS) is 26.9. The quantitative estimate of drug-likeness (QED) is 0.892. The Bertz CT molecular complexity index is 396. The predicted molar refractivity (Wildman–Crippen MR) is 76.1 cm³/mol. The van der Waals surface area contributed by atoms with E-state index in [9.17, 15) is 4.39 Å². The second kappa shape index (κ2) is 6.00. The highest BCUT2D eigenvalue weighted by Gasteiger charge is 2.38. The number of rotatable bonds is 4. The van der Waals surface area contributed by atoms with Crippen LogP contribution in [0.2, 0.25) is 0 Å². The molecule has 0 spiro atoms. The average molecular weight is 264 g/mol. The summed E-state index contributed by atoms with van der Waals surface area (Å²) in [7, 11) is 0. The molecular weight excluding hydrogens is 239 g/mol. The van der Waals surface area contributed by atoms with Crippen LogP contribution in [0.5, 0.6) is 0 Å². The second-order valence-electron chi connectivity index (χ2n) is 5.88. The molecule has 0 bridgehead atoms. The monoisotopic (exact) mass is 264 g/mol. The molecule has 0 aromatic carbocycles. The maximum absolute atomic E-state index is 13.0. The molecular formula is C16H25FN2. The van der Waals surface area contributed by atoms with Crippen LogP contribution in [-0.2, 0) is 5.54 Å². The van der Waals surface area contributed by atoms with E-state index in [4.69, 9.17) is 5.73 Å². The van der Waals surface area contributed by atoms with Crippen molar-refractivity contribution in [1.29, 1.82) is 0 Å². The van der Waals surface area contributed by atoms with E-state index < -0.39 is 5.54 Å². The van der Waals surface area contributed by atoms with Crippen LogP contribution in [0.3, 0.4) is 0 Å². The molecule has 19 heavy (non-hydrogen) atoms. The first kappa shape index (κ1) is 14.4. The summed E-state index contributed by atoms with van der Waals surface area (Å²) >= 11 is 0. The highest BCUT2D eigenvalue weighted by atomic mass is 19.1. The summed E-state index contributed by atoms with van der Waals surface area (Å²) in [5, 5.41) is 0. The molecule has 1 saturated carbocycles. The average Bonchev–Trinajstić information content (AvgIpc) is 2.47. The molecule has 1 heterocycles. The van der Waals surface area contributed by atoms with Gasteiger partial charge in [-0.05, 0) is 43.2 Å². The Morgan fingerprint density at radius 1 is 1.26 bits per heavy atom. The molecule has 2 nitrogen and oxygen atoms in total. The maximum Gasteiger partial charge on any atom is 0.141 e. The summed E-state index contributed by atoms with van der Waals surface area (Å²) in [4.78, 5) is 4.24. The molecule has 2 N–H and O–H groups in total. The van der Waals surface area contributed by atoms with Crippen LogP contribution in [0, 0.1) is 17.7 Å². The van der Waals surface area contributed by atoms with Crippen LogP contribution < -0.4 is 5.73 Å². The van der Waals surface area contributed by atoms with E-state index in [1.807, 2.05) is 0 Å². The van der Waals surface area contributed by atoms with Gasteiger partial charge in [0.15, 0.2) is 0 Å². The third kappa shape index (κ3) is 2.97. The van der Waals surface area contributed by atoms with Crippen LogP contribution in [-0.4, -0.2) is 4.98 Å². The first-order chi connectivity index (χ1) is 9.10. The van der Waals surface area contributed by atoms with E-state index in [1.165, 1.54) is 44.4 Å². The van der Waals surface area contributed by atoms with E-state index in [0.29, 0.717) is 5.92 Å². The Hall–Kier alpha value is -0.960. The van der Waals surface area contributed by atoms with E-state index in [-0.39, 0.29) is 5.82 Å². The van der Waals surface area contributed by atoms with Gasteiger partial charge in [0.25, 0.3) is 0 Å². The standard InChI is InChI=1S/C16H25FN2/c1-3-12-5-7-13(8-6-12)16(18,4-2)15-10-9-14(17)11-19-15/h9-13H,3-8,18H2,1-2H3. The Morgan fingerprint density at radius 3 is 2.42 bits per heavy atom. The lowest BCUT2D eigenvalue weighted by Crippen LogP contribution is -2.45. The minimum Gasteiger partial charge on any atom is -0.320 e. The Balaban J connectivity index is 2.16. The maximum atomic E-state index is 13.0. The van der Waals surface area contributed by atoms with Crippen molar-refractivity contribution >= 4 is 0 Å². The van der Waals surface area contributed by atoms with Gasteiger partial charge in [-0.3, -0.25) is 4.98 Å². The fourth-order valence-corrected chi connectivity index (χ4v) is 3.42. The summed E-state index contributed by atoms with van der Waals surface area (Å²) in [6.45, 7) is 4.37. The summed E-state index contributed by atoms with van der Waals surface area (Å²) in [6.07, 6.45) is 8.27. The van der Waals surface area contributed by atoms with Gasteiger partial charge in [-0.1, -0.05) is 33.1 Å². The van der Waals surface area contributed by atoms with Gasteiger partial charge < -0.3 is 5.73 Å². The van der Waals surface area contributed by atoms with Gasteiger partial charge in [0.1, 0.15) is 5.82 Å². The zero-order valence-corrected chi connectivity index (χ0v) is 12.0. The molecule has 0 saturated heterocycles. The molecule has 0 aliphatic heterocycles. The first-order valence-corrected chi connectivity index (χ1v) is 7.51. The van der Waals surface area contributed by atoms with Gasteiger partial charge in [0.2, 0.25) is 0 Å². The molecule has 2 rings (SSSR count). The predicted octanol–water partition coefficient (Wildman–Crippen LogP) is 4.00. The lowest BCUT2D eigenvalue weighted by atomic mass is 9.69. The SMILES string of the molecule is CCC1CCC(C(N)(CC)c2ccc(F)cn2)CC1. The molecule has 1 aliphatic rings. The molecule has 1 fully saturated rings. The van der Waals surface area contributed by atoms with Crippen LogP contribution >= 0.6 is 0 Å². The van der Waals surface area contributed by atoms with Crippen molar-refractivity contribution in [2.75, 3.05) is 0 Å². The Kier molecular flexibility index (Phi) is 4.56. The summed E-state index contributed by atoms with van der Waals surface area (Å²) in [6, 6.07) is 3.22. The molecule has 0 amide bonds. The first-order valence-electron chi connectivity index (χ1n) is 7.51. The fraction of sp³-hybridized carbons (Fsp3) is 0.688. The minimum atomic E-state index is -0.396. The van der Waals surface area contributed by atoms with Gasteiger partial charge in [-0.15, -0.1) is 0 Å². The van der Waals surface area contributed by atoms with Gasteiger partial charge in [0.05, 0.1) is 17.4 Å². The van der Waals surface area contributed by atoms with Crippen LogP contribution in [0.4, 0.5) is 4.39 Å². The number of hydrogen-bond acceptors (Lipinski definition) is 2. The summed E-state index contributed by atoms with van der Waals surface area (Å²) in [5.41, 5.74) is 7.09. The van der Waals surface area contributed by atoms with Gasteiger partial charge >= 0.3 is 0 Å². The van der Waals surface area contributed by atoms with E-state index >= 15 is 0 Å². The molecule has 3 heteroatoms. The third-order valence-corrected chi connectivity index (χ3v) is 4.94. The van der Waals surface area contributed by atoms with Gasteiger partial charge in [-0.2, -0.15) is 0 Å². The van der Waals surface area contributed by atoms with Crippen molar-refractivity contribution < 1.29 is 4.39 Å². The highest BCUT2D eigenvalue weighted by molar-refractivity contribution is 5.17. The molecule has 1 atom stereocenters. The van der Waals surface area contributed by atoms with Crippen molar-refractivity contribution in [3.05, 3.63) is 29.8 Å². The van der Waals surface area contributed by atoms with Crippen molar-refractivity contribution in [3.63, 3.8) is 0 Å². The number of aromatic nitrogens is 1. The van der Waals surface area contributed by atoms with Crippen molar-refractivity contribution in [2.24, 2.45) is 17.6 Å². The smallest absolute Gasteiger partial charge is 0.141 e. The number of pyridine rings is 1. The highest BCUT2D eigenvalue weighted by Crippen LogP contribution is 2.41. The van der Waals surface area contributed by atoms with Crippen LogP contribution in [0.15, 0.2) is 18.3 Å². The molecule has 1 aliphatic carbocycles. The van der Waals surface area contributed by atoms with Crippen molar-refractivity contribution in [3.8, 4) is 0 Å². The van der Waals surface area contributed by atoms with Gasteiger partial charge in [0, 0.05) is 0 Å². The van der Waals surface area contributed by atoms with Crippen molar-refractivity contribution in [2.45, 2.75) is 57.9 Å². The number of nitrogens with two attached hydrogens (primary N) is 1. The number of nitrogens with zero attached hydrogens (tertiary/aromatic N) is 1. The molecule has 1 aromatic heterocycles. The summed E-state index contributed by atoms with van der Waals surface area (Å²) < 4.78 is 13.0. The molecule has 106 valence electrons. The largest absolute Gasteiger partial charge is 0.320 e. The Morgan fingerprint density at radius 2 is 1.95 bits per heavy atom. The van der Waals surface area contributed by atoms with Crippen molar-refractivity contribution in [1.82, 2.24) is 4.98 Å². The van der Waals surface area contributed by atoms with E-state index in [1.54, 1.807) is 6.07 Å². The Labute approximate surface area is 115 Å². The zero-order chi connectivity index (χ0) is 13.9. The lowest BCUT2D eigenvalue weighted by Gasteiger charge is -2.40. The fourth-order valence-electron chi connectivity index (χ4n) is 3.42. The number of hydrogen-bond donors (Lipinski definition) is 1. The molecule has 1 aromatic rings. The third-order valence-electron chi connectivity index (χ3n) is 4.94.